The van der Waals surface area contributed by atoms with Crippen molar-refractivity contribution in [3.8, 4) is 22.5 Å². The topological polar surface area (TPSA) is 50.4 Å². The zero-order valence-corrected chi connectivity index (χ0v) is 11.3. The Hall–Kier alpha value is -2.65. The van der Waals surface area contributed by atoms with Crippen LogP contribution >= 0.6 is 0 Å². The third-order valence-electron chi connectivity index (χ3n) is 3.32. The maximum absolute atomic E-state index is 10.5. The Labute approximate surface area is 122 Å². The Bertz CT molecular complexity index is 727. The zero-order valence-electron chi connectivity index (χ0n) is 11.3. The lowest BCUT2D eigenvalue weighted by Crippen LogP contribution is -1.94. The summed E-state index contributed by atoms with van der Waals surface area (Å²) in [6.45, 7) is 0. The first kappa shape index (κ1) is 13.3. The Morgan fingerprint density at radius 3 is 2.10 bits per heavy atom. The normalized spacial score (nSPS) is 12.0. The molecule has 1 N–H and O–H groups in total. The van der Waals surface area contributed by atoms with Crippen LogP contribution in [0.5, 0.6) is 0 Å². The van der Waals surface area contributed by atoms with Crippen LogP contribution in [0.25, 0.3) is 22.5 Å². The molecule has 3 aromatic rings. The fourth-order valence-corrected chi connectivity index (χ4v) is 2.19. The number of rotatable bonds is 4. The summed E-state index contributed by atoms with van der Waals surface area (Å²) in [5, 5.41) is 9.42. The van der Waals surface area contributed by atoms with E-state index in [2.05, 4.69) is 12.1 Å². The second-order valence-electron chi connectivity index (χ2n) is 4.73. The average Bonchev–Trinajstić information content (AvgIpc) is 3.05. The molecule has 0 saturated carbocycles. The third-order valence-corrected chi connectivity index (χ3v) is 3.32. The van der Waals surface area contributed by atoms with Crippen molar-refractivity contribution in [3.05, 3.63) is 72.5 Å². The van der Waals surface area contributed by atoms with Crippen LogP contribution < -0.4 is 0 Å². The van der Waals surface area contributed by atoms with E-state index in [9.17, 15) is 9.90 Å². The van der Waals surface area contributed by atoms with E-state index in [1.165, 1.54) is 0 Å². The van der Waals surface area contributed by atoms with E-state index in [0.717, 1.165) is 16.7 Å². The predicted octanol–water partition coefficient (Wildman–Crippen LogP) is 3.85. The monoisotopic (exact) mass is 278 g/mol. The first-order valence-electron chi connectivity index (χ1n) is 6.67. The van der Waals surface area contributed by atoms with Gasteiger partial charge in [-0.05, 0) is 23.3 Å². The lowest BCUT2D eigenvalue weighted by molar-refractivity contribution is -0.115. The quantitative estimate of drug-likeness (QED) is 0.737. The van der Waals surface area contributed by atoms with E-state index in [0.29, 0.717) is 12.0 Å². The van der Waals surface area contributed by atoms with Gasteiger partial charge >= 0.3 is 0 Å². The molecule has 3 nitrogen and oxygen atoms in total. The van der Waals surface area contributed by atoms with E-state index in [4.69, 9.17) is 4.42 Å². The van der Waals surface area contributed by atoms with Crippen molar-refractivity contribution in [2.75, 3.05) is 0 Å². The minimum Gasteiger partial charge on any atom is -0.458 e. The van der Waals surface area contributed by atoms with Gasteiger partial charge < -0.3 is 9.52 Å². The highest BCUT2D eigenvalue weighted by atomic mass is 16.4. The molecule has 0 radical (unpaired) electrons. The van der Waals surface area contributed by atoms with Gasteiger partial charge in [0.25, 0.3) is 0 Å². The highest BCUT2D eigenvalue weighted by molar-refractivity contribution is 5.68. The summed E-state index contributed by atoms with van der Waals surface area (Å²) in [7, 11) is 0. The van der Waals surface area contributed by atoms with Crippen LogP contribution in [-0.2, 0) is 4.79 Å². The molecule has 1 aromatic heterocycles. The van der Waals surface area contributed by atoms with Crippen molar-refractivity contribution >= 4 is 6.29 Å². The molecule has 0 aliphatic carbocycles. The highest BCUT2D eigenvalue weighted by Crippen LogP contribution is 2.27. The molecule has 0 spiro atoms. The fraction of sp³-hybridized carbons (Fsp3) is 0.0556. The molecule has 0 amide bonds. The molecule has 0 fully saturated rings. The van der Waals surface area contributed by atoms with E-state index in [1.807, 2.05) is 42.5 Å². The van der Waals surface area contributed by atoms with Crippen molar-refractivity contribution in [3.63, 3.8) is 0 Å². The molecule has 3 heteroatoms. The standard InChI is InChI=1S/C18H14O3/c19-12-16(20)18-11-10-17(21-18)15-8-6-14(7-9-15)13-4-2-1-3-5-13/h1-12,16,20H. The Morgan fingerprint density at radius 1 is 0.810 bits per heavy atom. The van der Waals surface area contributed by atoms with E-state index < -0.39 is 6.10 Å². The first-order valence-corrected chi connectivity index (χ1v) is 6.67. The minimum absolute atomic E-state index is 0.257. The number of carbonyl (C=O) groups excluding carboxylic acids is 1. The van der Waals surface area contributed by atoms with Crippen molar-refractivity contribution < 1.29 is 14.3 Å². The lowest BCUT2D eigenvalue weighted by Gasteiger charge is -2.03. The van der Waals surface area contributed by atoms with Gasteiger partial charge in [0.2, 0.25) is 0 Å². The van der Waals surface area contributed by atoms with Gasteiger partial charge in [-0.2, -0.15) is 0 Å². The molecule has 3 rings (SSSR count). The fourth-order valence-electron chi connectivity index (χ4n) is 2.19. The highest BCUT2D eigenvalue weighted by Gasteiger charge is 2.12. The number of carbonyl (C=O) groups is 1. The molecule has 0 saturated heterocycles. The summed E-state index contributed by atoms with van der Waals surface area (Å²) >= 11 is 0. The Morgan fingerprint density at radius 2 is 1.43 bits per heavy atom. The summed E-state index contributed by atoms with van der Waals surface area (Å²) < 4.78 is 5.49. The second kappa shape index (κ2) is 5.77. The van der Waals surface area contributed by atoms with Gasteiger partial charge in [-0.1, -0.05) is 54.6 Å². The molecule has 1 heterocycles. The van der Waals surface area contributed by atoms with Gasteiger partial charge in [0.1, 0.15) is 11.5 Å². The summed E-state index contributed by atoms with van der Waals surface area (Å²) in [5.41, 5.74) is 3.18. The molecular weight excluding hydrogens is 264 g/mol. The van der Waals surface area contributed by atoms with Crippen molar-refractivity contribution in [2.24, 2.45) is 0 Å². The van der Waals surface area contributed by atoms with Crippen LogP contribution in [0.2, 0.25) is 0 Å². The van der Waals surface area contributed by atoms with Crippen LogP contribution in [0.3, 0.4) is 0 Å². The molecular formula is C18H14O3. The molecule has 104 valence electrons. The summed E-state index contributed by atoms with van der Waals surface area (Å²) in [4.78, 5) is 10.5. The van der Waals surface area contributed by atoms with E-state index >= 15 is 0 Å². The van der Waals surface area contributed by atoms with Crippen molar-refractivity contribution in [1.29, 1.82) is 0 Å². The average molecular weight is 278 g/mol. The maximum Gasteiger partial charge on any atom is 0.167 e. The van der Waals surface area contributed by atoms with Gasteiger partial charge in [-0.3, -0.25) is 4.79 Å². The second-order valence-corrected chi connectivity index (χ2v) is 4.73. The van der Waals surface area contributed by atoms with E-state index in [-0.39, 0.29) is 5.76 Å². The lowest BCUT2D eigenvalue weighted by atomic mass is 10.0. The number of hydrogen-bond acceptors (Lipinski definition) is 3. The SMILES string of the molecule is O=CC(O)c1ccc(-c2ccc(-c3ccccc3)cc2)o1. The predicted molar refractivity (Wildman–Crippen MR) is 80.6 cm³/mol. The van der Waals surface area contributed by atoms with Crippen LogP contribution in [0.1, 0.15) is 11.9 Å². The van der Waals surface area contributed by atoms with E-state index in [1.54, 1.807) is 12.1 Å². The molecule has 0 bridgehead atoms. The van der Waals surface area contributed by atoms with Gasteiger partial charge in [0.15, 0.2) is 12.4 Å². The summed E-state index contributed by atoms with van der Waals surface area (Å²) in [5.74, 6) is 0.887. The van der Waals surface area contributed by atoms with Gasteiger partial charge in [0.05, 0.1) is 0 Å². The Kier molecular flexibility index (Phi) is 3.67. The van der Waals surface area contributed by atoms with Crippen LogP contribution in [0.4, 0.5) is 0 Å². The van der Waals surface area contributed by atoms with Gasteiger partial charge in [-0.15, -0.1) is 0 Å². The summed E-state index contributed by atoms with van der Waals surface area (Å²) in [6, 6.07) is 21.4. The van der Waals surface area contributed by atoms with Crippen LogP contribution in [0, 0.1) is 0 Å². The maximum atomic E-state index is 10.5. The number of benzene rings is 2. The molecule has 1 unspecified atom stereocenters. The largest absolute Gasteiger partial charge is 0.458 e. The third kappa shape index (κ3) is 2.78. The van der Waals surface area contributed by atoms with Crippen molar-refractivity contribution in [2.45, 2.75) is 6.10 Å². The van der Waals surface area contributed by atoms with Crippen molar-refractivity contribution in [1.82, 2.24) is 0 Å². The number of aliphatic hydroxyl groups excluding tert-OH is 1. The van der Waals surface area contributed by atoms with Crippen LogP contribution in [-0.4, -0.2) is 11.4 Å². The number of aldehydes is 1. The van der Waals surface area contributed by atoms with Crippen LogP contribution in [0.15, 0.2) is 71.1 Å². The molecule has 0 aliphatic rings. The zero-order chi connectivity index (χ0) is 14.7. The molecule has 21 heavy (non-hydrogen) atoms. The van der Waals surface area contributed by atoms with Gasteiger partial charge in [0, 0.05) is 5.56 Å². The van der Waals surface area contributed by atoms with Gasteiger partial charge in [-0.25, -0.2) is 0 Å². The molecule has 1 atom stereocenters. The summed E-state index contributed by atoms with van der Waals surface area (Å²) in [6.07, 6.45) is -0.761. The minimum atomic E-state index is -1.21. The Balaban J connectivity index is 1.87. The number of furan rings is 1. The smallest absolute Gasteiger partial charge is 0.167 e. The number of aliphatic hydroxyl groups is 1. The molecule has 2 aromatic carbocycles. The first-order chi connectivity index (χ1) is 10.3. The molecule has 0 aliphatic heterocycles. The number of hydrogen-bond donors (Lipinski definition) is 1.